The van der Waals surface area contributed by atoms with Crippen molar-refractivity contribution in [3.63, 3.8) is 0 Å². The van der Waals surface area contributed by atoms with Crippen molar-refractivity contribution in [3.05, 3.63) is 70.6 Å². The van der Waals surface area contributed by atoms with Gasteiger partial charge in [-0.15, -0.1) is 0 Å². The summed E-state index contributed by atoms with van der Waals surface area (Å²) in [6.45, 7) is 5.02. The number of nitrogens with one attached hydrogen (secondary N) is 1. The predicted molar refractivity (Wildman–Crippen MR) is 113 cm³/mol. The zero-order valence-corrected chi connectivity index (χ0v) is 16.7. The highest BCUT2D eigenvalue weighted by molar-refractivity contribution is 8.18. The molecule has 0 spiro atoms. The van der Waals surface area contributed by atoms with Crippen molar-refractivity contribution in [2.45, 2.75) is 6.54 Å². The van der Waals surface area contributed by atoms with Crippen LogP contribution in [0.1, 0.15) is 11.1 Å². The number of piperazine rings is 1. The first-order valence-electron chi connectivity index (χ1n) is 9.50. The fraction of sp³-hybridized carbons (Fsp3) is 0.273. The maximum absolute atomic E-state index is 12.3. The van der Waals surface area contributed by atoms with Gasteiger partial charge in [-0.2, -0.15) is 4.99 Å². The number of quaternary nitrogens is 1. The molecule has 2 heterocycles. The molecule has 0 saturated carbocycles. The summed E-state index contributed by atoms with van der Waals surface area (Å²) in [6, 6.07) is 18.3. The number of rotatable bonds is 4. The molecule has 5 nitrogen and oxygen atoms in total. The van der Waals surface area contributed by atoms with Crippen LogP contribution >= 0.6 is 11.8 Å². The van der Waals surface area contributed by atoms with Gasteiger partial charge in [0.05, 0.1) is 38.2 Å². The van der Waals surface area contributed by atoms with Gasteiger partial charge in [-0.3, -0.25) is 4.79 Å². The molecule has 2 aromatic rings. The molecule has 1 N–H and O–H groups in total. The molecule has 2 aliphatic heterocycles. The number of amides is 1. The van der Waals surface area contributed by atoms with E-state index in [0.29, 0.717) is 4.91 Å². The summed E-state index contributed by atoms with van der Waals surface area (Å²) in [7, 11) is 1.64. The van der Waals surface area contributed by atoms with E-state index in [4.69, 9.17) is 4.74 Å². The summed E-state index contributed by atoms with van der Waals surface area (Å²) in [5, 5.41) is 0.837. The Labute approximate surface area is 169 Å². The van der Waals surface area contributed by atoms with E-state index < -0.39 is 0 Å². The Bertz CT molecular complexity index is 886. The summed E-state index contributed by atoms with van der Waals surface area (Å²) >= 11 is 1.48. The largest absolute Gasteiger partial charge is 0.497 e. The number of hydrogen-bond acceptors (Lipinski definition) is 4. The molecular formula is C22H24N3O2S+. The van der Waals surface area contributed by atoms with Gasteiger partial charge in [0.1, 0.15) is 12.3 Å². The summed E-state index contributed by atoms with van der Waals surface area (Å²) in [5.41, 5.74) is 2.35. The van der Waals surface area contributed by atoms with Gasteiger partial charge in [-0.25, -0.2) is 0 Å². The number of thioether (sulfide) groups is 1. The van der Waals surface area contributed by atoms with E-state index in [1.54, 1.807) is 12.0 Å². The van der Waals surface area contributed by atoms with Crippen molar-refractivity contribution in [1.82, 2.24) is 4.90 Å². The lowest BCUT2D eigenvalue weighted by Crippen LogP contribution is -3.13. The zero-order chi connectivity index (χ0) is 19.3. The van der Waals surface area contributed by atoms with Crippen LogP contribution < -0.4 is 9.64 Å². The number of benzene rings is 2. The first-order valence-corrected chi connectivity index (χ1v) is 10.3. The Morgan fingerprint density at radius 2 is 1.82 bits per heavy atom. The van der Waals surface area contributed by atoms with E-state index in [1.165, 1.54) is 17.3 Å². The third kappa shape index (κ3) is 4.46. The lowest BCUT2D eigenvalue weighted by atomic mass is 10.2. The van der Waals surface area contributed by atoms with Crippen LogP contribution in [-0.4, -0.2) is 49.3 Å². The molecule has 144 valence electrons. The van der Waals surface area contributed by atoms with E-state index in [0.717, 1.165) is 49.2 Å². The number of nitrogens with zero attached hydrogens (tertiary/aromatic N) is 2. The third-order valence-corrected chi connectivity index (χ3v) is 6.11. The molecule has 0 radical (unpaired) electrons. The highest BCUT2D eigenvalue weighted by Crippen LogP contribution is 2.30. The van der Waals surface area contributed by atoms with Crippen molar-refractivity contribution in [2.24, 2.45) is 4.99 Å². The molecule has 2 aliphatic rings. The first-order chi connectivity index (χ1) is 13.7. The molecule has 1 fully saturated rings. The van der Waals surface area contributed by atoms with Gasteiger partial charge in [-0.05, 0) is 35.5 Å². The van der Waals surface area contributed by atoms with E-state index in [2.05, 4.69) is 40.2 Å². The number of carbonyl (C=O) groups excluding carboxylic acids is 1. The van der Waals surface area contributed by atoms with Crippen LogP contribution in [0.2, 0.25) is 0 Å². The minimum atomic E-state index is -0.144. The van der Waals surface area contributed by atoms with Crippen molar-refractivity contribution in [1.29, 1.82) is 0 Å². The van der Waals surface area contributed by atoms with E-state index in [1.807, 2.05) is 30.3 Å². The predicted octanol–water partition coefficient (Wildman–Crippen LogP) is 2.07. The van der Waals surface area contributed by atoms with Gasteiger partial charge in [0.25, 0.3) is 5.91 Å². The molecule has 0 aromatic heterocycles. The summed E-state index contributed by atoms with van der Waals surface area (Å²) < 4.78 is 5.18. The van der Waals surface area contributed by atoms with E-state index in [9.17, 15) is 4.79 Å². The SMILES string of the molecule is COc1ccc(/C=C2/SC(N3CC[NH+](Cc4ccccc4)CC3)=NC2=O)cc1. The maximum atomic E-state index is 12.3. The molecular weight excluding hydrogens is 370 g/mol. The monoisotopic (exact) mass is 394 g/mol. The summed E-state index contributed by atoms with van der Waals surface area (Å²) in [5.74, 6) is 0.662. The Morgan fingerprint density at radius 3 is 2.50 bits per heavy atom. The number of hydrogen-bond donors (Lipinski definition) is 1. The van der Waals surface area contributed by atoms with Crippen LogP contribution in [0.25, 0.3) is 6.08 Å². The van der Waals surface area contributed by atoms with Gasteiger partial charge in [0, 0.05) is 5.56 Å². The normalized spacial score (nSPS) is 19.2. The minimum absolute atomic E-state index is 0.144. The quantitative estimate of drug-likeness (QED) is 0.807. The van der Waals surface area contributed by atoms with Gasteiger partial charge in [0.2, 0.25) is 0 Å². The number of ether oxygens (including phenoxy) is 1. The van der Waals surface area contributed by atoms with Crippen LogP contribution in [0.4, 0.5) is 0 Å². The highest BCUT2D eigenvalue weighted by atomic mass is 32.2. The molecule has 1 saturated heterocycles. The molecule has 6 heteroatoms. The Hall–Kier alpha value is -2.57. The molecule has 0 aliphatic carbocycles. The Balaban J connectivity index is 1.34. The molecule has 0 bridgehead atoms. The zero-order valence-electron chi connectivity index (χ0n) is 15.9. The maximum Gasteiger partial charge on any atom is 0.286 e. The molecule has 0 unspecified atom stereocenters. The number of carbonyl (C=O) groups is 1. The number of methoxy groups -OCH3 is 1. The fourth-order valence-electron chi connectivity index (χ4n) is 3.46. The molecule has 1 amide bonds. The van der Waals surface area contributed by atoms with Crippen molar-refractivity contribution in [3.8, 4) is 5.75 Å². The second-order valence-electron chi connectivity index (χ2n) is 6.98. The van der Waals surface area contributed by atoms with Crippen molar-refractivity contribution in [2.75, 3.05) is 33.3 Å². The van der Waals surface area contributed by atoms with Crippen molar-refractivity contribution >= 4 is 28.9 Å². The minimum Gasteiger partial charge on any atom is -0.497 e. The highest BCUT2D eigenvalue weighted by Gasteiger charge is 2.29. The second-order valence-corrected chi connectivity index (χ2v) is 7.99. The standard InChI is InChI=1S/C22H23N3O2S/c1-27-19-9-7-17(8-10-19)15-20-21(26)23-22(28-20)25-13-11-24(12-14-25)16-18-5-3-2-4-6-18/h2-10,15H,11-14,16H2,1H3/p+1/b20-15+. The van der Waals surface area contributed by atoms with E-state index >= 15 is 0 Å². The average Bonchev–Trinajstić information content (AvgIpc) is 3.10. The summed E-state index contributed by atoms with van der Waals surface area (Å²) in [4.78, 5) is 21.1. The lowest BCUT2D eigenvalue weighted by molar-refractivity contribution is -0.917. The average molecular weight is 395 g/mol. The van der Waals surface area contributed by atoms with Gasteiger partial charge < -0.3 is 14.5 Å². The molecule has 4 rings (SSSR count). The van der Waals surface area contributed by atoms with Crippen LogP contribution in [0.3, 0.4) is 0 Å². The van der Waals surface area contributed by atoms with Crippen LogP contribution in [0.15, 0.2) is 64.5 Å². The number of aliphatic imine (C=N–C) groups is 1. The molecule has 0 atom stereocenters. The second kappa shape index (κ2) is 8.63. The summed E-state index contributed by atoms with van der Waals surface area (Å²) in [6.07, 6.45) is 1.90. The smallest absolute Gasteiger partial charge is 0.286 e. The van der Waals surface area contributed by atoms with Crippen LogP contribution in [-0.2, 0) is 11.3 Å². The van der Waals surface area contributed by atoms with Gasteiger partial charge >= 0.3 is 0 Å². The topological polar surface area (TPSA) is 46.3 Å². The lowest BCUT2D eigenvalue weighted by Gasteiger charge is -2.32. The van der Waals surface area contributed by atoms with Gasteiger partial charge in [0.15, 0.2) is 5.17 Å². The first kappa shape index (κ1) is 18.8. The van der Waals surface area contributed by atoms with Crippen LogP contribution in [0, 0.1) is 0 Å². The Morgan fingerprint density at radius 1 is 1.11 bits per heavy atom. The Kier molecular flexibility index (Phi) is 5.78. The van der Waals surface area contributed by atoms with Crippen molar-refractivity contribution < 1.29 is 14.4 Å². The fourth-order valence-corrected chi connectivity index (χ4v) is 4.43. The third-order valence-electron chi connectivity index (χ3n) is 5.06. The van der Waals surface area contributed by atoms with Gasteiger partial charge in [-0.1, -0.05) is 42.5 Å². The molecule has 2 aromatic carbocycles. The van der Waals surface area contributed by atoms with Crippen LogP contribution in [0.5, 0.6) is 5.75 Å². The number of amidine groups is 1. The van der Waals surface area contributed by atoms with E-state index in [-0.39, 0.29) is 5.91 Å². The molecule has 28 heavy (non-hydrogen) atoms.